The molecule has 0 amide bonds. The van der Waals surface area contributed by atoms with Gasteiger partial charge < -0.3 is 9.64 Å². The van der Waals surface area contributed by atoms with Crippen LogP contribution >= 0.6 is 12.1 Å². The standard InChI is InChI=1S/C20H30FN3OS/c1-16-12-20(8-9-23(16)13-17-5-4-10-25-14-17)15-22(2)26-24(20)19-7-3-6-18(21)11-19/h3,6-7,11,16-17H,4-5,8-10,12-15H2,1-2H3/t16-,17?,20+/m0/s1. The van der Waals surface area contributed by atoms with Crippen molar-refractivity contribution in [3.05, 3.63) is 30.1 Å². The van der Waals surface area contributed by atoms with Gasteiger partial charge in [-0.05, 0) is 63.8 Å². The van der Waals surface area contributed by atoms with Crippen molar-refractivity contribution in [3.8, 4) is 0 Å². The highest BCUT2D eigenvalue weighted by molar-refractivity contribution is 7.98. The zero-order valence-electron chi connectivity index (χ0n) is 15.9. The summed E-state index contributed by atoms with van der Waals surface area (Å²) >= 11 is 1.73. The van der Waals surface area contributed by atoms with Gasteiger partial charge in [0, 0.05) is 44.4 Å². The van der Waals surface area contributed by atoms with Crippen molar-refractivity contribution in [2.24, 2.45) is 5.92 Å². The second kappa shape index (κ2) is 7.66. The van der Waals surface area contributed by atoms with Crippen molar-refractivity contribution < 1.29 is 9.13 Å². The molecule has 144 valence electrons. The van der Waals surface area contributed by atoms with Gasteiger partial charge in [-0.15, -0.1) is 0 Å². The van der Waals surface area contributed by atoms with Crippen LogP contribution in [-0.4, -0.2) is 60.7 Å². The molecule has 0 radical (unpaired) electrons. The van der Waals surface area contributed by atoms with Crippen LogP contribution in [0, 0.1) is 11.7 Å². The van der Waals surface area contributed by atoms with Crippen molar-refractivity contribution >= 4 is 17.8 Å². The molecule has 0 aliphatic carbocycles. The van der Waals surface area contributed by atoms with Crippen molar-refractivity contribution in [2.45, 2.75) is 44.2 Å². The van der Waals surface area contributed by atoms with Crippen LogP contribution in [0.4, 0.5) is 10.1 Å². The van der Waals surface area contributed by atoms with Crippen molar-refractivity contribution in [2.75, 3.05) is 44.2 Å². The minimum atomic E-state index is -0.157. The van der Waals surface area contributed by atoms with Crippen molar-refractivity contribution in [1.29, 1.82) is 0 Å². The molecule has 4 nitrogen and oxygen atoms in total. The summed E-state index contributed by atoms with van der Waals surface area (Å²) in [7, 11) is 2.14. The smallest absolute Gasteiger partial charge is 0.125 e. The number of anilines is 1. The fraction of sp³-hybridized carbons (Fsp3) is 0.700. The van der Waals surface area contributed by atoms with Gasteiger partial charge in [0.05, 0.1) is 17.8 Å². The van der Waals surface area contributed by atoms with Crippen molar-refractivity contribution in [1.82, 2.24) is 9.21 Å². The molecule has 3 aliphatic rings. The Balaban J connectivity index is 1.47. The van der Waals surface area contributed by atoms with Crippen LogP contribution < -0.4 is 4.31 Å². The van der Waals surface area contributed by atoms with Gasteiger partial charge in [0.15, 0.2) is 0 Å². The van der Waals surface area contributed by atoms with Gasteiger partial charge >= 0.3 is 0 Å². The highest BCUT2D eigenvalue weighted by Gasteiger charge is 2.49. The zero-order valence-corrected chi connectivity index (χ0v) is 16.7. The number of ether oxygens (including phenoxy) is 1. The number of likely N-dealkylation sites (tertiary alicyclic amines) is 1. The lowest BCUT2D eigenvalue weighted by Crippen LogP contribution is -2.57. The van der Waals surface area contributed by atoms with E-state index in [4.69, 9.17) is 4.74 Å². The van der Waals surface area contributed by atoms with E-state index in [1.54, 1.807) is 18.2 Å². The highest BCUT2D eigenvalue weighted by Crippen LogP contribution is 2.46. The maximum absolute atomic E-state index is 13.8. The predicted octanol–water partition coefficient (Wildman–Crippen LogP) is 3.79. The molecular formula is C20H30FN3OS. The van der Waals surface area contributed by atoms with E-state index in [0.717, 1.165) is 51.4 Å². The third kappa shape index (κ3) is 3.75. The molecule has 3 saturated heterocycles. The summed E-state index contributed by atoms with van der Waals surface area (Å²) in [6.45, 7) is 7.50. The van der Waals surface area contributed by atoms with Crippen LogP contribution in [0.15, 0.2) is 24.3 Å². The third-order valence-electron chi connectivity index (χ3n) is 6.12. The Morgan fingerprint density at radius 1 is 1.38 bits per heavy atom. The Morgan fingerprint density at radius 2 is 2.27 bits per heavy atom. The van der Waals surface area contributed by atoms with Gasteiger partial charge in [-0.3, -0.25) is 4.31 Å². The first-order chi connectivity index (χ1) is 12.6. The summed E-state index contributed by atoms with van der Waals surface area (Å²) in [6, 6.07) is 7.59. The maximum atomic E-state index is 13.8. The van der Waals surface area contributed by atoms with Gasteiger partial charge in [0.2, 0.25) is 0 Å². The summed E-state index contributed by atoms with van der Waals surface area (Å²) in [6.07, 6.45) is 4.74. The Hall–Kier alpha value is -0.820. The molecule has 0 aromatic heterocycles. The van der Waals surface area contributed by atoms with E-state index >= 15 is 0 Å². The van der Waals surface area contributed by atoms with E-state index in [-0.39, 0.29) is 11.4 Å². The second-order valence-electron chi connectivity index (χ2n) is 8.25. The molecule has 3 heterocycles. The van der Waals surface area contributed by atoms with Gasteiger partial charge in [-0.2, -0.15) is 0 Å². The monoisotopic (exact) mass is 379 g/mol. The summed E-state index contributed by atoms with van der Waals surface area (Å²) in [5, 5.41) is 0. The molecule has 3 aliphatic heterocycles. The Kier molecular flexibility index (Phi) is 5.46. The minimum Gasteiger partial charge on any atom is -0.381 e. The molecule has 1 unspecified atom stereocenters. The number of halogens is 1. The average Bonchev–Trinajstić information content (AvgIpc) is 2.94. The van der Waals surface area contributed by atoms with Crippen LogP contribution in [0.5, 0.6) is 0 Å². The highest BCUT2D eigenvalue weighted by atomic mass is 32.2. The molecule has 3 fully saturated rings. The fourth-order valence-electron chi connectivity index (χ4n) is 4.89. The molecule has 0 bridgehead atoms. The fourth-order valence-corrected chi connectivity index (χ4v) is 6.07. The van der Waals surface area contributed by atoms with Crippen LogP contribution in [0.2, 0.25) is 0 Å². The number of hydrogen-bond acceptors (Lipinski definition) is 5. The third-order valence-corrected chi connectivity index (χ3v) is 7.29. The van der Waals surface area contributed by atoms with Gasteiger partial charge in [0.1, 0.15) is 5.82 Å². The first-order valence-corrected chi connectivity index (χ1v) is 10.6. The summed E-state index contributed by atoms with van der Waals surface area (Å²) in [4.78, 5) is 2.65. The number of piperidine rings is 1. The molecule has 6 heteroatoms. The number of nitrogens with zero attached hydrogens (tertiary/aromatic N) is 3. The number of benzene rings is 1. The molecule has 3 atom stereocenters. The van der Waals surface area contributed by atoms with Crippen molar-refractivity contribution in [3.63, 3.8) is 0 Å². The molecule has 1 aromatic rings. The predicted molar refractivity (Wildman–Crippen MR) is 106 cm³/mol. The van der Waals surface area contributed by atoms with Crippen LogP contribution in [0.3, 0.4) is 0 Å². The Bertz CT molecular complexity index is 627. The van der Waals surface area contributed by atoms with Crippen LogP contribution in [-0.2, 0) is 4.74 Å². The normalized spacial score (nSPS) is 33.9. The largest absolute Gasteiger partial charge is 0.381 e. The molecule has 1 spiro atoms. The van der Waals surface area contributed by atoms with Gasteiger partial charge in [0.25, 0.3) is 0 Å². The second-order valence-corrected chi connectivity index (χ2v) is 9.40. The SMILES string of the molecule is C[C@H]1C[C@]2(CCN1CC1CCCOC1)CN(C)SN2c1cccc(F)c1. The molecule has 0 N–H and O–H groups in total. The summed E-state index contributed by atoms with van der Waals surface area (Å²) < 4.78 is 24.1. The summed E-state index contributed by atoms with van der Waals surface area (Å²) in [5.74, 6) is 0.524. The molecular weight excluding hydrogens is 349 g/mol. The molecule has 26 heavy (non-hydrogen) atoms. The van der Waals surface area contributed by atoms with E-state index in [2.05, 4.69) is 27.5 Å². The number of likely N-dealkylation sites (N-methyl/N-ethyl adjacent to an activating group) is 1. The van der Waals surface area contributed by atoms with Crippen LogP contribution in [0.1, 0.15) is 32.6 Å². The van der Waals surface area contributed by atoms with Crippen LogP contribution in [0.25, 0.3) is 0 Å². The summed E-state index contributed by atoms with van der Waals surface area (Å²) in [5.41, 5.74) is 1.08. The lowest BCUT2D eigenvalue weighted by molar-refractivity contribution is 0.0187. The average molecular weight is 380 g/mol. The topological polar surface area (TPSA) is 19.0 Å². The van der Waals surface area contributed by atoms with E-state index in [1.807, 2.05) is 12.1 Å². The van der Waals surface area contributed by atoms with Gasteiger partial charge in [-0.25, -0.2) is 8.70 Å². The first kappa shape index (κ1) is 18.5. The van der Waals surface area contributed by atoms with E-state index in [0.29, 0.717) is 12.0 Å². The van der Waals surface area contributed by atoms with E-state index < -0.39 is 0 Å². The quantitative estimate of drug-likeness (QED) is 0.742. The lowest BCUT2D eigenvalue weighted by Gasteiger charge is -2.48. The Morgan fingerprint density at radius 3 is 3.00 bits per heavy atom. The first-order valence-electron chi connectivity index (χ1n) is 9.83. The Labute approximate surface area is 160 Å². The van der Waals surface area contributed by atoms with E-state index in [1.165, 1.54) is 18.9 Å². The van der Waals surface area contributed by atoms with Gasteiger partial charge in [-0.1, -0.05) is 6.07 Å². The maximum Gasteiger partial charge on any atom is 0.125 e. The van der Waals surface area contributed by atoms with E-state index in [9.17, 15) is 4.39 Å². The lowest BCUT2D eigenvalue weighted by atomic mass is 9.82. The number of hydrogen-bond donors (Lipinski definition) is 0. The molecule has 1 aromatic carbocycles. The molecule has 4 rings (SSSR count). The molecule has 0 saturated carbocycles. The minimum absolute atomic E-state index is 0.0895. The number of rotatable bonds is 3. The zero-order chi connectivity index (χ0) is 18.1.